The van der Waals surface area contributed by atoms with E-state index >= 15 is 0 Å². The van der Waals surface area contributed by atoms with Crippen LogP contribution in [-0.2, 0) is 5.41 Å². The third-order valence-electron chi connectivity index (χ3n) is 5.28. The molecule has 0 fully saturated rings. The van der Waals surface area contributed by atoms with Crippen molar-refractivity contribution in [2.45, 2.75) is 59.3 Å². The minimum absolute atomic E-state index is 0.218. The van der Waals surface area contributed by atoms with Gasteiger partial charge < -0.3 is 0 Å². The third-order valence-corrected chi connectivity index (χ3v) is 5.28. The van der Waals surface area contributed by atoms with E-state index in [0.29, 0.717) is 5.41 Å². The minimum Gasteiger partial charge on any atom is -0.0830 e. The molecule has 0 saturated carbocycles. The molecule has 22 heavy (non-hydrogen) atoms. The molecule has 1 unspecified atom stereocenters. The highest BCUT2D eigenvalue weighted by molar-refractivity contribution is 5.81. The maximum absolute atomic E-state index is 2.47. The fraction of sp³-hybridized carbons (Fsp3) is 0.455. The molecule has 0 amide bonds. The topological polar surface area (TPSA) is 0 Å². The van der Waals surface area contributed by atoms with Crippen molar-refractivity contribution in [1.29, 1.82) is 0 Å². The number of benzene rings is 1. The monoisotopic (exact) mass is 292 g/mol. The standard InChI is InChI=1S/C22H28/c1-6-16-14-20-19(8-7-13-22(20,5)15-16)17-9-11-18(12-10-17)21(2,3)4/h7-12,14H,6,13,15H2,1-5H3. The van der Waals surface area contributed by atoms with Gasteiger partial charge in [0.25, 0.3) is 0 Å². The smallest absolute Gasteiger partial charge is 0.000261 e. The number of allylic oxidation sites excluding steroid dienone is 6. The first kappa shape index (κ1) is 15.3. The highest BCUT2D eigenvalue weighted by Gasteiger charge is 2.36. The molecule has 0 bridgehead atoms. The van der Waals surface area contributed by atoms with Crippen LogP contribution < -0.4 is 0 Å². The van der Waals surface area contributed by atoms with Gasteiger partial charge in [-0.15, -0.1) is 0 Å². The second-order valence-electron chi connectivity index (χ2n) is 8.15. The number of fused-ring (bicyclic) bond motifs is 1. The lowest BCUT2D eigenvalue weighted by Gasteiger charge is -2.30. The molecule has 1 atom stereocenters. The van der Waals surface area contributed by atoms with Crippen LogP contribution in [-0.4, -0.2) is 0 Å². The average molecular weight is 292 g/mol. The van der Waals surface area contributed by atoms with Gasteiger partial charge in [-0.2, -0.15) is 0 Å². The molecule has 0 spiro atoms. The molecule has 0 radical (unpaired) electrons. The fourth-order valence-corrected chi connectivity index (χ4v) is 3.77. The summed E-state index contributed by atoms with van der Waals surface area (Å²) in [4.78, 5) is 0. The maximum Gasteiger partial charge on any atom is 0.000261 e. The predicted molar refractivity (Wildman–Crippen MR) is 96.9 cm³/mol. The Hall–Kier alpha value is -1.56. The third kappa shape index (κ3) is 2.60. The van der Waals surface area contributed by atoms with Crippen molar-refractivity contribution in [1.82, 2.24) is 0 Å². The Labute approximate surface area is 135 Å². The Morgan fingerprint density at radius 2 is 1.77 bits per heavy atom. The highest BCUT2D eigenvalue weighted by atomic mass is 14.4. The van der Waals surface area contributed by atoms with Gasteiger partial charge in [-0.05, 0) is 47.0 Å². The van der Waals surface area contributed by atoms with Crippen LogP contribution in [0.1, 0.15) is 65.0 Å². The van der Waals surface area contributed by atoms with Crippen LogP contribution in [0.4, 0.5) is 0 Å². The van der Waals surface area contributed by atoms with E-state index in [9.17, 15) is 0 Å². The van der Waals surface area contributed by atoms with Gasteiger partial charge in [0.05, 0.1) is 0 Å². The van der Waals surface area contributed by atoms with E-state index in [1.54, 1.807) is 11.1 Å². The summed E-state index contributed by atoms with van der Waals surface area (Å²) >= 11 is 0. The van der Waals surface area contributed by atoms with E-state index in [2.05, 4.69) is 77.1 Å². The normalized spacial score (nSPS) is 24.5. The molecule has 0 nitrogen and oxygen atoms in total. The zero-order chi connectivity index (χ0) is 16.0. The first-order chi connectivity index (χ1) is 10.3. The molecule has 2 aliphatic carbocycles. The molecule has 0 heteroatoms. The summed E-state index contributed by atoms with van der Waals surface area (Å²) in [6.07, 6.45) is 10.7. The second kappa shape index (κ2) is 5.26. The van der Waals surface area contributed by atoms with E-state index in [1.165, 1.54) is 36.0 Å². The van der Waals surface area contributed by atoms with E-state index in [-0.39, 0.29) is 5.41 Å². The number of hydrogen-bond donors (Lipinski definition) is 0. The van der Waals surface area contributed by atoms with Crippen molar-refractivity contribution >= 4 is 5.57 Å². The minimum atomic E-state index is 0.218. The summed E-state index contributed by atoms with van der Waals surface area (Å²) < 4.78 is 0. The molecular weight excluding hydrogens is 264 g/mol. The van der Waals surface area contributed by atoms with Crippen molar-refractivity contribution in [3.63, 3.8) is 0 Å². The Kier molecular flexibility index (Phi) is 3.67. The fourth-order valence-electron chi connectivity index (χ4n) is 3.77. The largest absolute Gasteiger partial charge is 0.0830 e. The summed E-state index contributed by atoms with van der Waals surface area (Å²) in [5.74, 6) is 0. The lowest BCUT2D eigenvalue weighted by atomic mass is 9.73. The highest BCUT2D eigenvalue weighted by Crippen LogP contribution is 2.50. The van der Waals surface area contributed by atoms with Crippen LogP contribution in [0.15, 0.2) is 53.6 Å². The number of rotatable bonds is 2. The molecule has 0 saturated heterocycles. The summed E-state index contributed by atoms with van der Waals surface area (Å²) in [6.45, 7) is 11.5. The van der Waals surface area contributed by atoms with Gasteiger partial charge >= 0.3 is 0 Å². The predicted octanol–water partition coefficient (Wildman–Crippen LogP) is 6.44. The second-order valence-corrected chi connectivity index (χ2v) is 8.15. The Bertz CT molecular complexity index is 659. The van der Waals surface area contributed by atoms with E-state index < -0.39 is 0 Å². The van der Waals surface area contributed by atoms with Crippen LogP contribution >= 0.6 is 0 Å². The van der Waals surface area contributed by atoms with Crippen LogP contribution in [0.5, 0.6) is 0 Å². The van der Waals surface area contributed by atoms with Gasteiger partial charge in [-0.1, -0.05) is 82.7 Å². The van der Waals surface area contributed by atoms with Gasteiger partial charge in [-0.3, -0.25) is 0 Å². The molecule has 0 aliphatic heterocycles. The molecule has 0 N–H and O–H groups in total. The Morgan fingerprint density at radius 3 is 2.36 bits per heavy atom. The Balaban J connectivity index is 2.05. The Morgan fingerprint density at radius 1 is 1.09 bits per heavy atom. The van der Waals surface area contributed by atoms with Crippen molar-refractivity contribution in [3.8, 4) is 0 Å². The van der Waals surface area contributed by atoms with E-state index in [1.807, 2.05) is 0 Å². The summed E-state index contributed by atoms with van der Waals surface area (Å²) in [6, 6.07) is 9.19. The molecule has 2 aliphatic rings. The van der Waals surface area contributed by atoms with Gasteiger partial charge in [0, 0.05) is 5.41 Å². The lowest BCUT2D eigenvalue weighted by Crippen LogP contribution is -2.17. The quantitative estimate of drug-likeness (QED) is 0.588. The van der Waals surface area contributed by atoms with Gasteiger partial charge in [0.2, 0.25) is 0 Å². The van der Waals surface area contributed by atoms with Crippen molar-refractivity contribution in [2.24, 2.45) is 5.41 Å². The van der Waals surface area contributed by atoms with Gasteiger partial charge in [-0.25, -0.2) is 0 Å². The van der Waals surface area contributed by atoms with E-state index in [4.69, 9.17) is 0 Å². The summed E-state index contributed by atoms with van der Waals surface area (Å²) in [5, 5.41) is 0. The van der Waals surface area contributed by atoms with Crippen molar-refractivity contribution in [3.05, 3.63) is 64.8 Å². The maximum atomic E-state index is 2.47. The summed E-state index contributed by atoms with van der Waals surface area (Å²) in [7, 11) is 0. The van der Waals surface area contributed by atoms with E-state index in [0.717, 1.165) is 0 Å². The van der Waals surface area contributed by atoms with Crippen LogP contribution in [0.25, 0.3) is 5.57 Å². The zero-order valence-corrected chi connectivity index (χ0v) is 14.7. The van der Waals surface area contributed by atoms with Crippen LogP contribution in [0.2, 0.25) is 0 Å². The van der Waals surface area contributed by atoms with Crippen LogP contribution in [0, 0.1) is 5.41 Å². The van der Waals surface area contributed by atoms with Gasteiger partial charge in [0.1, 0.15) is 0 Å². The van der Waals surface area contributed by atoms with Gasteiger partial charge in [0.15, 0.2) is 0 Å². The molecule has 1 aromatic rings. The lowest BCUT2D eigenvalue weighted by molar-refractivity contribution is 0.423. The average Bonchev–Trinajstić information content (AvgIpc) is 2.83. The molecule has 0 aromatic heterocycles. The number of hydrogen-bond acceptors (Lipinski definition) is 0. The molecule has 3 rings (SSSR count). The SMILES string of the molecule is CCC1=CC2=C(c3ccc(C(C)(C)C)cc3)C=CCC2(C)C1. The summed E-state index contributed by atoms with van der Waals surface area (Å²) in [5.41, 5.74) is 7.88. The first-order valence-electron chi connectivity index (χ1n) is 8.55. The van der Waals surface area contributed by atoms with Crippen molar-refractivity contribution in [2.75, 3.05) is 0 Å². The first-order valence-corrected chi connectivity index (χ1v) is 8.55. The zero-order valence-electron chi connectivity index (χ0n) is 14.7. The molecular formula is C22H28. The molecule has 1 aromatic carbocycles. The van der Waals surface area contributed by atoms with Crippen LogP contribution in [0.3, 0.4) is 0 Å². The molecule has 0 heterocycles. The van der Waals surface area contributed by atoms with Crippen molar-refractivity contribution < 1.29 is 0 Å². The molecule has 116 valence electrons.